The van der Waals surface area contributed by atoms with Gasteiger partial charge in [-0.1, -0.05) is 252 Å². The van der Waals surface area contributed by atoms with Crippen molar-refractivity contribution in [3.63, 3.8) is 0 Å². The van der Waals surface area contributed by atoms with E-state index in [1.807, 2.05) is 6.08 Å². The van der Waals surface area contributed by atoms with Gasteiger partial charge in [-0.25, -0.2) is 0 Å². The highest BCUT2D eigenvalue weighted by molar-refractivity contribution is 5.78. The zero-order chi connectivity index (χ0) is 50.2. The summed E-state index contributed by atoms with van der Waals surface area (Å²) < 4.78 is 5.84. The van der Waals surface area contributed by atoms with Gasteiger partial charge in [0.05, 0.1) is 25.2 Å². The minimum Gasteiger partial charge on any atom is -0.458 e. The van der Waals surface area contributed by atoms with Gasteiger partial charge in [-0.05, 0) is 96.0 Å². The lowest BCUT2D eigenvalue weighted by Crippen LogP contribution is -2.46. The van der Waals surface area contributed by atoms with Crippen molar-refractivity contribution in [2.75, 3.05) is 6.61 Å². The molecule has 6 heteroatoms. The van der Waals surface area contributed by atoms with Gasteiger partial charge in [-0.2, -0.15) is 0 Å². The Morgan fingerprint density at radius 2 is 0.812 bits per heavy atom. The molecule has 0 aromatic rings. The number of unbranched alkanes of at least 4 members (excludes halogenated alkanes) is 22. The monoisotopic (exact) mass is 958 g/mol. The number of carbonyl (C=O) groups is 2. The SMILES string of the molecule is CC/C=C\C/C=C\C/C=C\C/C=C\C/C=C\C/C=C\C(CC(=O)NC(CO)C(O)CCCCCCCCCCCCCCCC)OC(=O)CCCCCCCC/C=C\C/C=C\C/C=C\CCCCC. The van der Waals surface area contributed by atoms with Gasteiger partial charge >= 0.3 is 5.97 Å². The Bertz CT molecular complexity index is 1400. The summed E-state index contributed by atoms with van der Waals surface area (Å²) in [5.74, 6) is -0.648. The number of esters is 1. The Morgan fingerprint density at radius 1 is 0.449 bits per heavy atom. The first kappa shape index (κ1) is 65.5. The van der Waals surface area contributed by atoms with Gasteiger partial charge in [-0.3, -0.25) is 9.59 Å². The summed E-state index contributed by atoms with van der Waals surface area (Å²) >= 11 is 0. The Balaban J connectivity index is 4.76. The van der Waals surface area contributed by atoms with Crippen molar-refractivity contribution < 1.29 is 24.5 Å². The summed E-state index contributed by atoms with van der Waals surface area (Å²) in [4.78, 5) is 26.2. The molecule has 69 heavy (non-hydrogen) atoms. The van der Waals surface area contributed by atoms with Crippen LogP contribution in [0, 0.1) is 0 Å². The van der Waals surface area contributed by atoms with Crippen molar-refractivity contribution in [1.82, 2.24) is 5.32 Å². The third kappa shape index (κ3) is 50.7. The summed E-state index contributed by atoms with van der Waals surface area (Å²) in [5.41, 5.74) is 0. The van der Waals surface area contributed by atoms with Gasteiger partial charge in [0, 0.05) is 6.42 Å². The number of aliphatic hydroxyl groups excluding tert-OH is 2. The minimum atomic E-state index is -0.829. The second-order valence-corrected chi connectivity index (χ2v) is 19.0. The smallest absolute Gasteiger partial charge is 0.306 e. The molecule has 6 nitrogen and oxygen atoms in total. The normalized spacial score (nSPS) is 14.0. The first-order chi connectivity index (χ1) is 34.0. The van der Waals surface area contributed by atoms with E-state index >= 15 is 0 Å². The van der Waals surface area contributed by atoms with E-state index in [1.54, 1.807) is 6.08 Å². The van der Waals surface area contributed by atoms with E-state index in [2.05, 4.69) is 123 Å². The minimum absolute atomic E-state index is 0.0583. The van der Waals surface area contributed by atoms with Crippen molar-refractivity contribution >= 4 is 11.9 Å². The fraction of sp³-hybridized carbons (Fsp3) is 0.683. The molecule has 0 spiro atoms. The van der Waals surface area contributed by atoms with Crippen molar-refractivity contribution in [2.45, 2.75) is 270 Å². The van der Waals surface area contributed by atoms with Crippen LogP contribution in [0.5, 0.6) is 0 Å². The molecule has 0 heterocycles. The fourth-order valence-corrected chi connectivity index (χ4v) is 8.02. The number of nitrogens with one attached hydrogen (secondary N) is 1. The van der Waals surface area contributed by atoms with Crippen LogP contribution in [0.4, 0.5) is 0 Å². The van der Waals surface area contributed by atoms with E-state index in [4.69, 9.17) is 4.74 Å². The van der Waals surface area contributed by atoms with Crippen LogP contribution in [-0.4, -0.2) is 46.9 Å². The standard InChI is InChI=1S/C63H107NO5/c1-4-7-10-13-16-19-22-25-28-30-31-33-35-38-41-44-47-50-53-56-63(68)69-59(54-51-48-45-42-39-36-34-32-29-26-23-20-17-14-11-8-5-2)57-62(67)64-60(58-65)61(66)55-52-49-46-43-40-37-27-24-21-18-15-12-9-6-3/h8,11,16-17,19-20,25-26,28-29,31,33-34,36,42,45,51,54,59-61,65-66H,4-7,9-10,12-15,18,21-24,27,30,32,35,37-41,43-44,46-50,52-53,55-58H2,1-3H3,(H,64,67)/b11-8-,19-16-,20-17-,28-25-,29-26-,33-31-,36-34-,45-42-,54-51-. The van der Waals surface area contributed by atoms with E-state index in [1.165, 1.54) is 109 Å². The van der Waals surface area contributed by atoms with E-state index in [9.17, 15) is 19.8 Å². The first-order valence-electron chi connectivity index (χ1n) is 28.6. The molecule has 0 bridgehead atoms. The fourth-order valence-electron chi connectivity index (χ4n) is 8.02. The van der Waals surface area contributed by atoms with E-state index in [0.717, 1.165) is 96.3 Å². The molecule has 0 aromatic carbocycles. The molecule has 0 aliphatic heterocycles. The predicted molar refractivity (Wildman–Crippen MR) is 300 cm³/mol. The molecule has 0 saturated carbocycles. The number of carbonyl (C=O) groups excluding carboxylic acids is 2. The molecular formula is C63H107NO5. The number of rotatable bonds is 50. The summed E-state index contributed by atoms with van der Waals surface area (Å²) in [6, 6.07) is -0.753. The molecule has 3 unspecified atom stereocenters. The van der Waals surface area contributed by atoms with Gasteiger partial charge in [-0.15, -0.1) is 0 Å². The second-order valence-electron chi connectivity index (χ2n) is 19.0. The number of hydrogen-bond donors (Lipinski definition) is 3. The number of ether oxygens (including phenoxy) is 1. The molecular weight excluding hydrogens is 851 g/mol. The quantitative estimate of drug-likeness (QED) is 0.0321. The molecule has 0 saturated heterocycles. The number of aliphatic hydroxyl groups is 2. The van der Waals surface area contributed by atoms with Crippen LogP contribution in [0.2, 0.25) is 0 Å². The molecule has 3 N–H and O–H groups in total. The van der Waals surface area contributed by atoms with E-state index < -0.39 is 18.2 Å². The Labute approximate surface area is 426 Å². The third-order valence-corrected chi connectivity index (χ3v) is 12.3. The summed E-state index contributed by atoms with van der Waals surface area (Å²) in [6.07, 6.45) is 76.1. The molecule has 3 atom stereocenters. The maximum absolute atomic E-state index is 13.2. The van der Waals surface area contributed by atoms with Gasteiger partial charge < -0.3 is 20.3 Å². The number of amides is 1. The van der Waals surface area contributed by atoms with Gasteiger partial charge in [0.15, 0.2) is 0 Å². The van der Waals surface area contributed by atoms with Crippen LogP contribution in [0.3, 0.4) is 0 Å². The Morgan fingerprint density at radius 3 is 1.26 bits per heavy atom. The van der Waals surface area contributed by atoms with Gasteiger partial charge in [0.2, 0.25) is 5.91 Å². The van der Waals surface area contributed by atoms with Crippen molar-refractivity contribution in [3.05, 3.63) is 109 Å². The van der Waals surface area contributed by atoms with E-state index in [-0.39, 0.29) is 24.9 Å². The lowest BCUT2D eigenvalue weighted by Gasteiger charge is -2.23. The predicted octanol–water partition coefficient (Wildman–Crippen LogP) is 17.8. The largest absolute Gasteiger partial charge is 0.458 e. The van der Waals surface area contributed by atoms with Crippen molar-refractivity contribution in [2.24, 2.45) is 0 Å². The summed E-state index contributed by atoms with van der Waals surface area (Å²) in [7, 11) is 0. The molecule has 0 radical (unpaired) electrons. The Hall–Kier alpha value is -3.48. The zero-order valence-corrected chi connectivity index (χ0v) is 44.9. The summed E-state index contributed by atoms with van der Waals surface area (Å²) in [5, 5.41) is 23.8. The first-order valence-corrected chi connectivity index (χ1v) is 28.6. The summed E-state index contributed by atoms with van der Waals surface area (Å²) in [6.45, 7) is 6.31. The number of hydrogen-bond acceptors (Lipinski definition) is 5. The molecule has 0 rings (SSSR count). The molecule has 0 fully saturated rings. The van der Waals surface area contributed by atoms with Gasteiger partial charge in [0.1, 0.15) is 6.10 Å². The molecule has 1 amide bonds. The highest BCUT2D eigenvalue weighted by Crippen LogP contribution is 2.16. The molecule has 394 valence electrons. The van der Waals surface area contributed by atoms with Gasteiger partial charge in [0.25, 0.3) is 0 Å². The number of allylic oxidation sites excluding steroid dienone is 17. The topological polar surface area (TPSA) is 95.9 Å². The van der Waals surface area contributed by atoms with E-state index in [0.29, 0.717) is 19.3 Å². The van der Waals surface area contributed by atoms with Crippen molar-refractivity contribution in [3.8, 4) is 0 Å². The second kappa shape index (κ2) is 55.4. The maximum atomic E-state index is 13.2. The Kier molecular flexibility index (Phi) is 52.7. The lowest BCUT2D eigenvalue weighted by molar-refractivity contribution is -0.148. The highest BCUT2D eigenvalue weighted by atomic mass is 16.5. The molecule has 0 aliphatic carbocycles. The lowest BCUT2D eigenvalue weighted by atomic mass is 10.0. The van der Waals surface area contributed by atoms with Crippen LogP contribution in [0.25, 0.3) is 0 Å². The van der Waals surface area contributed by atoms with Crippen LogP contribution < -0.4 is 5.32 Å². The van der Waals surface area contributed by atoms with Crippen LogP contribution in [0.1, 0.15) is 252 Å². The maximum Gasteiger partial charge on any atom is 0.306 e. The molecule has 0 aromatic heterocycles. The average Bonchev–Trinajstić information content (AvgIpc) is 3.34. The van der Waals surface area contributed by atoms with Crippen LogP contribution in [0.15, 0.2) is 109 Å². The van der Waals surface area contributed by atoms with Crippen LogP contribution in [-0.2, 0) is 14.3 Å². The van der Waals surface area contributed by atoms with Crippen molar-refractivity contribution in [1.29, 1.82) is 0 Å². The van der Waals surface area contributed by atoms with Crippen LogP contribution >= 0.6 is 0 Å². The highest BCUT2D eigenvalue weighted by Gasteiger charge is 2.23. The zero-order valence-electron chi connectivity index (χ0n) is 44.9. The molecule has 0 aliphatic rings. The third-order valence-electron chi connectivity index (χ3n) is 12.3. The average molecular weight is 959 g/mol.